The van der Waals surface area contributed by atoms with Crippen molar-refractivity contribution in [3.8, 4) is 11.5 Å². The van der Waals surface area contributed by atoms with Crippen LogP contribution in [0.3, 0.4) is 0 Å². The lowest BCUT2D eigenvalue weighted by Gasteiger charge is -2.10. The number of ether oxygens (including phenoxy) is 1. The van der Waals surface area contributed by atoms with Crippen LogP contribution in [0, 0.1) is 13.8 Å². The van der Waals surface area contributed by atoms with E-state index in [1.807, 2.05) is 19.1 Å². The third-order valence-electron chi connectivity index (χ3n) is 2.54. The first kappa shape index (κ1) is 10.5. The maximum Gasteiger partial charge on any atom is 0.132 e. The normalized spacial score (nSPS) is 10.1. The van der Waals surface area contributed by atoms with Crippen molar-refractivity contribution in [2.24, 2.45) is 0 Å². The number of aromatic nitrogens is 1. The molecular weight excluding hydrogens is 200 g/mol. The molecule has 0 atom stereocenters. The summed E-state index contributed by atoms with van der Waals surface area (Å²) in [6, 6.07) is 9.48. The van der Waals surface area contributed by atoms with E-state index in [1.165, 1.54) is 5.56 Å². The van der Waals surface area contributed by atoms with Crippen LogP contribution < -0.4 is 10.5 Å². The molecule has 0 saturated heterocycles. The average Bonchev–Trinajstić information content (AvgIpc) is 2.25. The number of hydrogen-bond donors (Lipinski definition) is 1. The molecule has 0 aliphatic rings. The molecule has 0 unspecified atom stereocenters. The highest BCUT2D eigenvalue weighted by atomic mass is 16.5. The van der Waals surface area contributed by atoms with Crippen LogP contribution in [-0.2, 0) is 0 Å². The lowest BCUT2D eigenvalue weighted by Crippen LogP contribution is -1.93. The summed E-state index contributed by atoms with van der Waals surface area (Å²) in [6.07, 6.45) is 1.63. The number of aryl methyl sites for hydroxylation is 1. The number of nitrogen functional groups attached to an aromatic ring is 1. The maximum absolute atomic E-state index is 5.75. The van der Waals surface area contributed by atoms with Crippen molar-refractivity contribution in [1.82, 2.24) is 4.98 Å². The zero-order chi connectivity index (χ0) is 11.5. The van der Waals surface area contributed by atoms with Crippen LogP contribution in [0.15, 0.2) is 36.5 Å². The smallest absolute Gasteiger partial charge is 0.132 e. The Bertz CT molecular complexity index is 509. The molecule has 0 radical (unpaired) electrons. The van der Waals surface area contributed by atoms with Crippen LogP contribution in [0.1, 0.15) is 11.1 Å². The van der Waals surface area contributed by atoms with Gasteiger partial charge < -0.3 is 10.5 Å². The molecule has 0 amide bonds. The second kappa shape index (κ2) is 4.23. The molecule has 0 fully saturated rings. The lowest BCUT2D eigenvalue weighted by molar-refractivity contribution is 0.478. The Kier molecular flexibility index (Phi) is 2.77. The molecule has 82 valence electrons. The summed E-state index contributed by atoms with van der Waals surface area (Å²) in [5.74, 6) is 2.02. The van der Waals surface area contributed by atoms with Gasteiger partial charge in [-0.1, -0.05) is 12.1 Å². The quantitative estimate of drug-likeness (QED) is 0.835. The van der Waals surface area contributed by atoms with Crippen molar-refractivity contribution in [2.45, 2.75) is 13.8 Å². The van der Waals surface area contributed by atoms with Gasteiger partial charge in [0.05, 0.1) is 0 Å². The van der Waals surface area contributed by atoms with Crippen molar-refractivity contribution in [3.63, 3.8) is 0 Å². The molecular formula is C13H14N2O. The second-order valence-electron chi connectivity index (χ2n) is 3.72. The molecule has 16 heavy (non-hydrogen) atoms. The van der Waals surface area contributed by atoms with E-state index < -0.39 is 0 Å². The van der Waals surface area contributed by atoms with Gasteiger partial charge in [0.15, 0.2) is 0 Å². The molecule has 0 spiro atoms. The van der Waals surface area contributed by atoms with E-state index in [0.717, 1.165) is 11.3 Å². The first-order chi connectivity index (χ1) is 7.66. The zero-order valence-corrected chi connectivity index (χ0v) is 9.40. The fourth-order valence-corrected chi connectivity index (χ4v) is 1.45. The van der Waals surface area contributed by atoms with E-state index >= 15 is 0 Å². The Morgan fingerprint density at radius 2 is 2.00 bits per heavy atom. The fraction of sp³-hybridized carbons (Fsp3) is 0.154. The number of nitrogens with two attached hydrogens (primary N) is 1. The van der Waals surface area contributed by atoms with Crippen molar-refractivity contribution >= 4 is 5.82 Å². The number of nitrogens with zero attached hydrogens (tertiary/aromatic N) is 1. The average molecular weight is 214 g/mol. The summed E-state index contributed by atoms with van der Waals surface area (Å²) >= 11 is 0. The van der Waals surface area contributed by atoms with Gasteiger partial charge >= 0.3 is 0 Å². The summed E-state index contributed by atoms with van der Waals surface area (Å²) in [7, 11) is 0. The van der Waals surface area contributed by atoms with Crippen molar-refractivity contribution in [3.05, 3.63) is 47.7 Å². The lowest BCUT2D eigenvalue weighted by atomic mass is 10.1. The molecule has 3 heteroatoms. The number of anilines is 1. The summed E-state index contributed by atoms with van der Waals surface area (Å²) < 4.78 is 5.75. The van der Waals surface area contributed by atoms with Crippen LogP contribution in [0.4, 0.5) is 5.82 Å². The van der Waals surface area contributed by atoms with Crippen molar-refractivity contribution in [1.29, 1.82) is 0 Å². The molecule has 2 N–H and O–H groups in total. The summed E-state index contributed by atoms with van der Waals surface area (Å²) in [5.41, 5.74) is 7.93. The Balaban J connectivity index is 2.31. The van der Waals surface area contributed by atoms with Crippen LogP contribution in [0.5, 0.6) is 11.5 Å². The predicted molar refractivity (Wildman–Crippen MR) is 64.6 cm³/mol. The molecule has 2 aromatic rings. The first-order valence-corrected chi connectivity index (χ1v) is 5.12. The minimum absolute atomic E-state index is 0.461. The zero-order valence-electron chi connectivity index (χ0n) is 9.40. The van der Waals surface area contributed by atoms with E-state index in [0.29, 0.717) is 11.6 Å². The van der Waals surface area contributed by atoms with Crippen LogP contribution >= 0.6 is 0 Å². The highest BCUT2D eigenvalue weighted by Crippen LogP contribution is 2.26. The molecule has 1 aromatic heterocycles. The van der Waals surface area contributed by atoms with Crippen molar-refractivity contribution < 1.29 is 4.74 Å². The van der Waals surface area contributed by atoms with E-state index in [1.54, 1.807) is 18.3 Å². The summed E-state index contributed by atoms with van der Waals surface area (Å²) in [5, 5.41) is 0. The van der Waals surface area contributed by atoms with Gasteiger partial charge in [-0.25, -0.2) is 4.98 Å². The molecule has 1 aromatic carbocycles. The third kappa shape index (κ3) is 2.14. The Hall–Kier alpha value is -2.03. The van der Waals surface area contributed by atoms with E-state index in [9.17, 15) is 0 Å². The second-order valence-corrected chi connectivity index (χ2v) is 3.72. The van der Waals surface area contributed by atoms with E-state index in [2.05, 4.69) is 18.0 Å². The molecule has 0 aliphatic carbocycles. The first-order valence-electron chi connectivity index (χ1n) is 5.12. The molecule has 3 nitrogen and oxygen atoms in total. The molecule has 0 aliphatic heterocycles. The number of hydrogen-bond acceptors (Lipinski definition) is 3. The highest BCUT2D eigenvalue weighted by molar-refractivity contribution is 5.43. The number of rotatable bonds is 2. The summed E-state index contributed by atoms with van der Waals surface area (Å²) in [6.45, 7) is 4.10. The van der Waals surface area contributed by atoms with Crippen LogP contribution in [0.2, 0.25) is 0 Å². The van der Waals surface area contributed by atoms with Gasteiger partial charge in [0.1, 0.15) is 17.3 Å². The SMILES string of the molecule is Cc1cccc(Oc2ccnc(N)c2)c1C. The van der Waals surface area contributed by atoms with Crippen LogP contribution in [0.25, 0.3) is 0 Å². The van der Waals surface area contributed by atoms with Gasteiger partial charge in [0.2, 0.25) is 0 Å². The Morgan fingerprint density at radius 1 is 1.19 bits per heavy atom. The monoisotopic (exact) mass is 214 g/mol. The van der Waals surface area contributed by atoms with E-state index in [4.69, 9.17) is 10.5 Å². The highest BCUT2D eigenvalue weighted by Gasteiger charge is 2.03. The minimum Gasteiger partial charge on any atom is -0.457 e. The number of pyridine rings is 1. The van der Waals surface area contributed by atoms with Gasteiger partial charge in [-0.3, -0.25) is 0 Å². The maximum atomic E-state index is 5.75. The standard InChI is InChI=1S/C13H14N2O/c1-9-4-3-5-12(10(9)2)16-11-6-7-15-13(14)8-11/h3-8H,1-2H3,(H2,14,15). The van der Waals surface area contributed by atoms with Crippen LogP contribution in [-0.4, -0.2) is 4.98 Å². The predicted octanol–water partition coefficient (Wildman–Crippen LogP) is 3.07. The van der Waals surface area contributed by atoms with Gasteiger partial charge in [-0.15, -0.1) is 0 Å². The Morgan fingerprint density at radius 3 is 2.75 bits per heavy atom. The molecule has 0 bridgehead atoms. The third-order valence-corrected chi connectivity index (χ3v) is 2.54. The van der Waals surface area contributed by atoms with Gasteiger partial charge in [-0.2, -0.15) is 0 Å². The largest absolute Gasteiger partial charge is 0.457 e. The van der Waals surface area contributed by atoms with Gasteiger partial charge in [-0.05, 0) is 37.1 Å². The van der Waals surface area contributed by atoms with E-state index in [-0.39, 0.29) is 0 Å². The topological polar surface area (TPSA) is 48.1 Å². The minimum atomic E-state index is 0.461. The Labute approximate surface area is 94.9 Å². The van der Waals surface area contributed by atoms with Crippen molar-refractivity contribution in [2.75, 3.05) is 5.73 Å². The molecule has 2 rings (SSSR count). The molecule has 0 saturated carbocycles. The summed E-state index contributed by atoms with van der Waals surface area (Å²) in [4.78, 5) is 3.92. The fourth-order valence-electron chi connectivity index (χ4n) is 1.45. The van der Waals surface area contributed by atoms with Gasteiger partial charge in [0.25, 0.3) is 0 Å². The molecule has 1 heterocycles. The number of benzene rings is 1. The van der Waals surface area contributed by atoms with Gasteiger partial charge in [0, 0.05) is 12.3 Å².